The van der Waals surface area contributed by atoms with Gasteiger partial charge in [-0.15, -0.1) is 5.10 Å². The molecule has 4 aromatic rings. The maximum atomic E-state index is 13.2. The van der Waals surface area contributed by atoms with Gasteiger partial charge in [-0.3, -0.25) is 9.48 Å². The Morgan fingerprint density at radius 3 is 2.88 bits per heavy atom. The van der Waals surface area contributed by atoms with Crippen molar-refractivity contribution in [1.82, 2.24) is 24.9 Å². The molecule has 1 aliphatic heterocycles. The summed E-state index contributed by atoms with van der Waals surface area (Å²) in [5.74, 6) is 0.449. The van der Waals surface area contributed by atoms with Crippen LogP contribution in [-0.2, 0) is 7.05 Å². The highest BCUT2D eigenvalue weighted by Crippen LogP contribution is 2.39. The van der Waals surface area contributed by atoms with Gasteiger partial charge in [0.25, 0.3) is 5.91 Å². The number of carbonyl (C=O) groups excluding carboxylic acids is 1. The maximum Gasteiger partial charge on any atom is 0.259 e. The van der Waals surface area contributed by atoms with Gasteiger partial charge in [0.2, 0.25) is 0 Å². The summed E-state index contributed by atoms with van der Waals surface area (Å²) in [7, 11) is 1.89. The smallest absolute Gasteiger partial charge is 0.259 e. The van der Waals surface area contributed by atoms with Crippen molar-refractivity contribution >= 4 is 46.2 Å². The average Bonchev–Trinajstić information content (AvgIpc) is 3.34. The second kappa shape index (κ2) is 7.72. The van der Waals surface area contributed by atoms with E-state index in [0.717, 1.165) is 27.6 Å². The highest BCUT2D eigenvalue weighted by atomic mass is 35.5. The molecule has 2 aromatic carbocycles. The predicted octanol–water partition coefficient (Wildman–Crippen LogP) is 4.06. The highest BCUT2D eigenvalue weighted by molar-refractivity contribution is 6.36. The van der Waals surface area contributed by atoms with E-state index in [9.17, 15) is 4.79 Å². The van der Waals surface area contributed by atoms with E-state index in [0.29, 0.717) is 22.9 Å². The van der Waals surface area contributed by atoms with Crippen LogP contribution >= 0.6 is 11.6 Å². The first-order chi connectivity index (χ1) is 15.5. The third kappa shape index (κ3) is 3.20. The first-order valence-electron chi connectivity index (χ1n) is 10.2. The Bertz CT molecular complexity index is 1370. The van der Waals surface area contributed by atoms with Crippen molar-refractivity contribution in [3.05, 3.63) is 64.8 Å². The number of anilines is 2. The van der Waals surface area contributed by atoms with Crippen LogP contribution in [0.3, 0.4) is 0 Å². The zero-order chi connectivity index (χ0) is 22.4. The highest BCUT2D eigenvalue weighted by Gasteiger charge is 2.26. The first-order valence-corrected chi connectivity index (χ1v) is 10.6. The van der Waals surface area contributed by atoms with Crippen molar-refractivity contribution in [1.29, 1.82) is 0 Å². The summed E-state index contributed by atoms with van der Waals surface area (Å²) in [6.07, 6.45) is 5.45. The molecule has 3 heterocycles. The lowest BCUT2D eigenvalue weighted by atomic mass is 9.93. The second-order valence-electron chi connectivity index (χ2n) is 7.73. The summed E-state index contributed by atoms with van der Waals surface area (Å²) in [6.45, 7) is 2.53. The molecule has 8 nitrogen and oxygen atoms in total. The molecule has 0 aliphatic carbocycles. The number of nitrogens with one attached hydrogen (secondary N) is 2. The number of hydrogen-bond acceptors (Lipinski definition) is 5. The van der Waals surface area contributed by atoms with Gasteiger partial charge in [-0.25, -0.2) is 4.68 Å². The molecule has 32 heavy (non-hydrogen) atoms. The van der Waals surface area contributed by atoms with Crippen molar-refractivity contribution in [3.63, 3.8) is 0 Å². The lowest BCUT2D eigenvalue weighted by Crippen LogP contribution is -2.28. The fraction of sp³-hybridized carbons (Fsp3) is 0.174. The average molecular weight is 448 g/mol. The van der Waals surface area contributed by atoms with Crippen molar-refractivity contribution in [2.24, 2.45) is 7.05 Å². The lowest BCUT2D eigenvalue weighted by Gasteiger charge is -2.21. The number of benzene rings is 2. The molecule has 0 radical (unpaired) electrons. The van der Waals surface area contributed by atoms with E-state index in [1.807, 2.05) is 61.1 Å². The number of amides is 1. The van der Waals surface area contributed by atoms with Gasteiger partial charge in [-0.05, 0) is 30.2 Å². The Morgan fingerprint density at radius 2 is 2.09 bits per heavy atom. The number of hydrogen-bond donors (Lipinski definition) is 3. The normalized spacial score (nSPS) is 13.6. The fourth-order valence-corrected chi connectivity index (χ4v) is 4.45. The first kappa shape index (κ1) is 20.1. The molecule has 5 rings (SSSR count). The minimum atomic E-state index is -0.358. The molecule has 0 spiro atoms. The van der Waals surface area contributed by atoms with Crippen molar-refractivity contribution in [3.8, 4) is 11.1 Å². The SMILES string of the molecule is CC(NC(=O)c1c(N)nn2c1NCC=C2)c1cc(Cl)c2cnn(C)c2c1-c1ccccc1. The second-order valence-corrected chi connectivity index (χ2v) is 8.14. The summed E-state index contributed by atoms with van der Waals surface area (Å²) < 4.78 is 3.39. The van der Waals surface area contributed by atoms with Gasteiger partial charge >= 0.3 is 0 Å². The monoisotopic (exact) mass is 447 g/mol. The molecule has 0 fully saturated rings. The maximum absolute atomic E-state index is 13.2. The number of aromatic nitrogens is 4. The molecular weight excluding hydrogens is 426 g/mol. The van der Waals surface area contributed by atoms with Crippen LogP contribution in [0.15, 0.2) is 48.7 Å². The molecule has 1 aliphatic rings. The summed E-state index contributed by atoms with van der Waals surface area (Å²) in [5.41, 5.74) is 10.2. The molecule has 2 aromatic heterocycles. The predicted molar refractivity (Wildman–Crippen MR) is 128 cm³/mol. The number of rotatable bonds is 4. The standard InChI is InChI=1S/C23H22ClN7O/c1-13(28-23(32)19-21(25)29-31-10-6-9-26-22(19)31)15-11-17(24)16-12-27-30(2)20(16)18(15)14-7-4-3-5-8-14/h3-8,10-13,26H,9H2,1-2H3,(H2,25,29)(H,28,32). The lowest BCUT2D eigenvalue weighted by molar-refractivity contribution is 0.0941. The third-order valence-corrected chi connectivity index (χ3v) is 5.99. The molecule has 0 saturated carbocycles. The summed E-state index contributed by atoms with van der Waals surface area (Å²) in [4.78, 5) is 13.2. The van der Waals surface area contributed by atoms with Crippen LogP contribution < -0.4 is 16.4 Å². The van der Waals surface area contributed by atoms with E-state index in [4.69, 9.17) is 17.3 Å². The largest absolute Gasteiger partial charge is 0.381 e. The number of halogens is 1. The van der Waals surface area contributed by atoms with Crippen LogP contribution in [0.25, 0.3) is 28.2 Å². The van der Waals surface area contributed by atoms with Gasteiger partial charge in [0.15, 0.2) is 5.82 Å². The number of carbonyl (C=O) groups is 1. The number of nitrogens with two attached hydrogens (primary N) is 1. The topological polar surface area (TPSA) is 103 Å². The van der Waals surface area contributed by atoms with Gasteiger partial charge in [0.1, 0.15) is 11.4 Å². The van der Waals surface area contributed by atoms with Crippen molar-refractivity contribution < 1.29 is 4.79 Å². The Hall–Kier alpha value is -3.78. The molecule has 1 atom stereocenters. The van der Waals surface area contributed by atoms with Gasteiger partial charge in [0, 0.05) is 30.7 Å². The van der Waals surface area contributed by atoms with E-state index < -0.39 is 0 Å². The van der Waals surface area contributed by atoms with Gasteiger partial charge in [0.05, 0.1) is 22.8 Å². The van der Waals surface area contributed by atoms with Crippen molar-refractivity contribution in [2.75, 3.05) is 17.6 Å². The van der Waals surface area contributed by atoms with E-state index >= 15 is 0 Å². The third-order valence-electron chi connectivity index (χ3n) is 5.68. The van der Waals surface area contributed by atoms with E-state index in [1.165, 1.54) is 0 Å². The minimum absolute atomic E-state index is 0.173. The van der Waals surface area contributed by atoms with Crippen LogP contribution in [-0.4, -0.2) is 32.0 Å². The fourth-order valence-electron chi connectivity index (χ4n) is 4.19. The van der Waals surface area contributed by atoms with E-state index in [-0.39, 0.29) is 17.8 Å². The molecular formula is C23H22ClN7O. The van der Waals surface area contributed by atoms with Gasteiger partial charge in [-0.2, -0.15) is 5.10 Å². The van der Waals surface area contributed by atoms with Crippen LogP contribution in [0.4, 0.5) is 11.6 Å². The molecule has 1 amide bonds. The Kier molecular flexibility index (Phi) is 4.86. The van der Waals surface area contributed by atoms with Crippen LogP contribution in [0.2, 0.25) is 5.02 Å². The quantitative estimate of drug-likeness (QED) is 0.437. The number of aryl methyl sites for hydroxylation is 1. The summed E-state index contributed by atoms with van der Waals surface area (Å²) in [5, 5.41) is 16.3. The van der Waals surface area contributed by atoms with Crippen LogP contribution in [0.1, 0.15) is 28.9 Å². The molecule has 4 N–H and O–H groups in total. The zero-order valence-corrected chi connectivity index (χ0v) is 18.4. The Balaban J connectivity index is 1.59. The Morgan fingerprint density at radius 1 is 1.31 bits per heavy atom. The van der Waals surface area contributed by atoms with Gasteiger partial charge < -0.3 is 16.4 Å². The minimum Gasteiger partial charge on any atom is -0.381 e. The van der Waals surface area contributed by atoms with E-state index in [2.05, 4.69) is 20.8 Å². The molecule has 9 heteroatoms. The molecule has 1 unspecified atom stereocenters. The molecule has 162 valence electrons. The van der Waals surface area contributed by atoms with Gasteiger partial charge in [-0.1, -0.05) is 41.9 Å². The number of fused-ring (bicyclic) bond motifs is 2. The summed E-state index contributed by atoms with van der Waals surface area (Å²) in [6, 6.07) is 11.6. The van der Waals surface area contributed by atoms with Crippen molar-refractivity contribution in [2.45, 2.75) is 13.0 Å². The Labute approximate surface area is 189 Å². The molecule has 0 bridgehead atoms. The number of nitrogens with zero attached hydrogens (tertiary/aromatic N) is 4. The van der Waals surface area contributed by atoms with Crippen LogP contribution in [0, 0.1) is 0 Å². The zero-order valence-electron chi connectivity index (χ0n) is 17.6. The number of nitrogen functional groups attached to an aromatic ring is 1. The molecule has 0 saturated heterocycles. The van der Waals surface area contributed by atoms with Crippen LogP contribution in [0.5, 0.6) is 0 Å². The van der Waals surface area contributed by atoms with E-state index in [1.54, 1.807) is 17.1 Å². The summed E-state index contributed by atoms with van der Waals surface area (Å²) >= 11 is 6.62.